The highest BCUT2D eigenvalue weighted by atomic mass is 35.5. The largest absolute Gasteiger partial charge is 0.462 e. The fourth-order valence-electron chi connectivity index (χ4n) is 13.8. The SMILES string of the molecule is C.C.C.CCOC(=O)c1c(N2CCN(C(=O)c3ccc(Cl)cc3)CC2)c2ccccc2n(CCN(C)C)c1=O.CN(C)CCCn1c(=O)c([N+](=O)[O-])c(N2CCN(C(=O)c3ccc(Cl)c(Cl)c3)CC2)c2ccccc21.Cc1ccc2c(c1)c(N1CCN(C(=O)c3ccc(Cl)c(Cl)c3)CC1)c([N+](=O)[O-])c(=O)n2CCCN(C)C. The number of hydrogen-bond donors (Lipinski definition) is 0. The second-order valence-corrected chi connectivity index (χ2v) is 29.6. The topological polar surface area (TPSA) is 259 Å². The summed E-state index contributed by atoms with van der Waals surface area (Å²) in [5, 5.41) is 28.4. The van der Waals surface area contributed by atoms with E-state index in [1.165, 1.54) is 21.3 Å². The van der Waals surface area contributed by atoms with Gasteiger partial charge < -0.3 is 62.5 Å². The molecule has 0 saturated carbocycles. The van der Waals surface area contributed by atoms with Crippen LogP contribution in [0.5, 0.6) is 0 Å². The molecule has 0 spiro atoms. The second-order valence-electron chi connectivity index (χ2n) is 27.5. The number of carbonyl (C=O) groups excluding carboxylic acids is 4. The fraction of sp³-hybridized carbons (Fsp3) is 0.395. The molecule has 3 aliphatic rings. The Kier molecular flexibility index (Phi) is 32.1. The van der Waals surface area contributed by atoms with Gasteiger partial charge in [0, 0.05) is 143 Å². The van der Waals surface area contributed by atoms with Crippen molar-refractivity contribution < 1.29 is 33.8 Å². The maximum Gasteiger partial charge on any atom is 0.357 e. The van der Waals surface area contributed by atoms with Crippen molar-refractivity contribution in [1.29, 1.82) is 0 Å². The Hall–Kier alpha value is -9.64. The molecular weight excluding hydrogens is 1540 g/mol. The lowest BCUT2D eigenvalue weighted by molar-refractivity contribution is -0.385. The Morgan fingerprint density at radius 2 is 0.795 bits per heavy atom. The van der Waals surface area contributed by atoms with Crippen LogP contribution in [0.4, 0.5) is 28.4 Å². The predicted molar refractivity (Wildman–Crippen MR) is 452 cm³/mol. The number of fused-ring (bicyclic) bond motifs is 3. The minimum absolute atomic E-state index is 0. The van der Waals surface area contributed by atoms with E-state index in [0.29, 0.717) is 198 Å². The second kappa shape index (κ2) is 40.2. The monoisotopic (exact) mass is 1630 g/mol. The van der Waals surface area contributed by atoms with Crippen molar-refractivity contribution in [3.05, 3.63) is 232 Å². The third-order valence-corrected chi connectivity index (χ3v) is 21.0. The number of anilines is 3. The first-order chi connectivity index (χ1) is 52.1. The minimum Gasteiger partial charge on any atom is -0.462 e. The van der Waals surface area contributed by atoms with Crippen molar-refractivity contribution in [2.24, 2.45) is 0 Å². The van der Waals surface area contributed by atoms with E-state index in [2.05, 4.69) is 0 Å². The van der Waals surface area contributed by atoms with Gasteiger partial charge in [-0.05, 0) is 167 Å². The zero-order valence-electron chi connectivity index (χ0n) is 62.0. The number of benzene rings is 6. The molecule has 6 heterocycles. The van der Waals surface area contributed by atoms with Gasteiger partial charge in [-0.25, -0.2) is 4.79 Å². The van der Waals surface area contributed by atoms with E-state index in [4.69, 9.17) is 62.7 Å². The van der Waals surface area contributed by atoms with E-state index in [1.54, 1.807) is 74.7 Å². The summed E-state index contributed by atoms with van der Waals surface area (Å²) in [6, 6.07) is 36.9. The van der Waals surface area contributed by atoms with Crippen molar-refractivity contribution in [3.63, 3.8) is 0 Å². The van der Waals surface area contributed by atoms with Gasteiger partial charge in [0.2, 0.25) is 0 Å². The Labute approximate surface area is 677 Å². The van der Waals surface area contributed by atoms with Crippen LogP contribution in [0.15, 0.2) is 142 Å². The van der Waals surface area contributed by atoms with Gasteiger partial charge >= 0.3 is 28.5 Å². The summed E-state index contributed by atoms with van der Waals surface area (Å²) in [5.41, 5.74) is 3.30. The van der Waals surface area contributed by atoms with Crippen molar-refractivity contribution in [3.8, 4) is 0 Å². The number of esters is 1. The summed E-state index contributed by atoms with van der Waals surface area (Å²) in [4.78, 5) is 133. The summed E-state index contributed by atoms with van der Waals surface area (Å²) in [6.07, 6.45) is 1.37. The Bertz CT molecular complexity index is 5090. The van der Waals surface area contributed by atoms with Crippen LogP contribution in [-0.2, 0) is 24.4 Å². The number of nitrogens with zero attached hydrogens (tertiary/aromatic N) is 14. The van der Waals surface area contributed by atoms with Crippen LogP contribution in [0.25, 0.3) is 32.7 Å². The molecule has 3 amide bonds. The standard InChI is InChI=1S/C27H31ClN4O4.C26H29Cl2N5O4.C25H27Cl2N5O4.3CH4/c1-4-36-27(35)23-24(21-7-5-6-8-22(21)32(26(23)34)18-13-29(2)3)30-14-16-31(17-15-30)25(33)19-9-11-20(28)12-10-19;1-17-5-8-22-19(15-17)23(24(33(36)37)26(35)32(22)10-4-9-29(2)3)30-11-13-31(14-12-30)25(34)18-6-7-20(27)21(28)16-18;1-28(2)10-5-11-31-21-7-4-3-6-18(21)22(23(25(31)34)32(35)36)29-12-14-30(15-13-29)24(33)17-8-9-19(26)20(27)16-17;;;/h5-12H,4,13-18H2,1-3H3;5-8,15-16H,4,9-14H2,1-3H3;3-4,6-9,16H,5,10-15H2,1-2H3;3*1H4. The fourth-order valence-corrected chi connectivity index (χ4v) is 14.6. The molecular formula is C81H99Cl5N14O12. The number of amides is 3. The third-order valence-electron chi connectivity index (χ3n) is 19.3. The number of nitro groups is 2. The number of aryl methyl sites for hydroxylation is 3. The first-order valence-corrected chi connectivity index (χ1v) is 37.6. The van der Waals surface area contributed by atoms with Gasteiger partial charge in [0.05, 0.1) is 58.8 Å². The lowest BCUT2D eigenvalue weighted by Crippen LogP contribution is -2.49. The van der Waals surface area contributed by atoms with E-state index >= 15 is 0 Å². The summed E-state index contributed by atoms with van der Waals surface area (Å²) in [5.74, 6) is -1.07. The minimum atomic E-state index is -0.624. The normalized spacial score (nSPS) is 13.6. The molecule has 0 aliphatic carbocycles. The van der Waals surface area contributed by atoms with E-state index in [-0.39, 0.29) is 57.7 Å². The zero-order chi connectivity index (χ0) is 78.7. The number of aromatic nitrogens is 3. The van der Waals surface area contributed by atoms with E-state index in [9.17, 15) is 53.8 Å². The van der Waals surface area contributed by atoms with Crippen LogP contribution >= 0.6 is 58.0 Å². The van der Waals surface area contributed by atoms with Crippen molar-refractivity contribution >= 4 is 143 Å². The maximum atomic E-state index is 13.7. The maximum absolute atomic E-state index is 13.7. The van der Waals surface area contributed by atoms with Crippen molar-refractivity contribution in [1.82, 2.24) is 43.1 Å². The van der Waals surface area contributed by atoms with E-state index < -0.39 is 38.3 Å². The highest BCUT2D eigenvalue weighted by Crippen LogP contribution is 2.38. The van der Waals surface area contributed by atoms with Crippen LogP contribution in [0.1, 0.15) is 89.0 Å². The van der Waals surface area contributed by atoms with Crippen molar-refractivity contribution in [2.45, 2.75) is 68.6 Å². The molecule has 0 atom stereocenters. The third kappa shape index (κ3) is 20.6. The predicted octanol–water partition coefficient (Wildman–Crippen LogP) is 13.8. The number of halogens is 5. The number of para-hydroxylation sites is 2. The average molecular weight is 1640 g/mol. The summed E-state index contributed by atoms with van der Waals surface area (Å²) in [7, 11) is 11.7. The number of likely N-dealkylation sites (N-methyl/N-ethyl adjacent to an activating group) is 1. The Morgan fingerprint density at radius 1 is 0.429 bits per heavy atom. The number of carbonyl (C=O) groups is 4. The number of piperazine rings is 3. The summed E-state index contributed by atoms with van der Waals surface area (Å²) < 4.78 is 10.0. The van der Waals surface area contributed by atoms with E-state index in [1.807, 2.05) is 145 Å². The smallest absolute Gasteiger partial charge is 0.357 e. The molecule has 0 N–H and O–H groups in total. The van der Waals surface area contributed by atoms with Gasteiger partial charge in [-0.1, -0.05) is 128 Å². The molecule has 3 aliphatic heterocycles. The summed E-state index contributed by atoms with van der Waals surface area (Å²) in [6.45, 7) is 11.8. The number of pyridine rings is 3. The van der Waals surface area contributed by atoms with Gasteiger partial charge in [0.1, 0.15) is 16.9 Å². The number of rotatable bonds is 21. The molecule has 6 aromatic carbocycles. The molecule has 12 rings (SSSR count). The van der Waals surface area contributed by atoms with Gasteiger partial charge in [-0.15, -0.1) is 0 Å². The van der Waals surface area contributed by atoms with Crippen molar-refractivity contribution in [2.75, 3.05) is 162 Å². The van der Waals surface area contributed by atoms with Crippen LogP contribution in [-0.4, -0.2) is 224 Å². The number of hydrogen-bond acceptors (Lipinski definition) is 18. The molecule has 3 saturated heterocycles. The van der Waals surface area contributed by atoms with E-state index in [0.717, 1.165) is 29.6 Å². The zero-order valence-corrected chi connectivity index (χ0v) is 65.8. The molecule has 26 nitrogen and oxygen atoms in total. The summed E-state index contributed by atoms with van der Waals surface area (Å²) >= 11 is 30.0. The van der Waals surface area contributed by atoms with Crippen LogP contribution in [0, 0.1) is 27.2 Å². The Morgan fingerprint density at radius 3 is 1.20 bits per heavy atom. The highest BCUT2D eigenvalue weighted by molar-refractivity contribution is 6.42. The molecule has 9 aromatic rings. The lowest BCUT2D eigenvalue weighted by atomic mass is 10.1. The molecule has 0 unspecified atom stereocenters. The van der Waals surface area contributed by atoms with Crippen LogP contribution < -0.4 is 31.4 Å². The molecule has 31 heteroatoms. The van der Waals surface area contributed by atoms with Gasteiger partial charge in [0.15, 0.2) is 0 Å². The molecule has 3 aromatic heterocycles. The average Bonchev–Trinajstić information content (AvgIpc) is 0.757. The Balaban J connectivity index is 0.000000230. The highest BCUT2D eigenvalue weighted by Gasteiger charge is 2.36. The van der Waals surface area contributed by atoms with Gasteiger partial charge in [-0.2, -0.15) is 0 Å². The first kappa shape index (κ1) is 89.6. The number of ether oxygens (including phenoxy) is 1. The van der Waals surface area contributed by atoms with Crippen LogP contribution in [0.3, 0.4) is 0 Å². The molecule has 0 radical (unpaired) electrons. The first-order valence-electron chi connectivity index (χ1n) is 35.8. The van der Waals surface area contributed by atoms with Gasteiger partial charge in [0.25, 0.3) is 23.3 Å². The molecule has 3 fully saturated rings. The lowest BCUT2D eigenvalue weighted by Gasteiger charge is -2.37. The van der Waals surface area contributed by atoms with Gasteiger partial charge in [-0.3, -0.25) is 49.0 Å². The van der Waals surface area contributed by atoms with Crippen LogP contribution in [0.2, 0.25) is 25.1 Å². The molecule has 112 heavy (non-hydrogen) atoms. The molecule has 600 valence electrons. The quantitative estimate of drug-likeness (QED) is 0.0368. The molecule has 0 bridgehead atoms.